The summed E-state index contributed by atoms with van der Waals surface area (Å²) < 4.78 is 35.3. The fourth-order valence-corrected chi connectivity index (χ4v) is 10.5. The largest absolute Gasteiger partial charge is 0.569 e. The Morgan fingerprint density at radius 1 is 0.475 bits per heavy atom. The van der Waals surface area contributed by atoms with Crippen molar-refractivity contribution in [2.45, 2.75) is 11.1 Å². The zero-order chi connectivity index (χ0) is 55.6. The molecular formula is C62H43BBrF2N8O6. The smallest absolute Gasteiger partial charge is 0.537 e. The second-order valence-corrected chi connectivity index (χ2v) is 18.7. The third-order valence-corrected chi connectivity index (χ3v) is 14.0. The lowest BCUT2D eigenvalue weighted by atomic mass is 9.77. The van der Waals surface area contributed by atoms with E-state index in [2.05, 4.69) is 67.0 Å². The minimum Gasteiger partial charge on any atom is -0.537 e. The van der Waals surface area contributed by atoms with Gasteiger partial charge in [0.2, 0.25) is 11.9 Å². The van der Waals surface area contributed by atoms with Crippen LogP contribution in [-0.4, -0.2) is 52.1 Å². The number of fused-ring (bicyclic) bond motifs is 2. The van der Waals surface area contributed by atoms with Gasteiger partial charge in [-0.15, -0.1) is 0 Å². The van der Waals surface area contributed by atoms with Crippen molar-refractivity contribution in [3.8, 4) is 17.0 Å². The van der Waals surface area contributed by atoms with E-state index in [9.17, 15) is 29.0 Å². The lowest BCUT2D eigenvalue weighted by Crippen LogP contribution is -2.38. The molecule has 12 rings (SSSR count). The number of hydrogen-bond acceptors (Lipinski definition) is 10. The van der Waals surface area contributed by atoms with E-state index in [-0.39, 0.29) is 22.0 Å². The summed E-state index contributed by atoms with van der Waals surface area (Å²) in [5, 5.41) is 42.5. The predicted molar refractivity (Wildman–Crippen MR) is 306 cm³/mol. The van der Waals surface area contributed by atoms with E-state index >= 15 is 0 Å². The SMILES string of the molecule is O=[N+]([O-])c1ccc2c(c1)c(-c1ccnc(F)c1)nn2C(c1ccccc1)(c1ccccc1)c1ccccc1.O=[N+]([O-])c1ccc2c(c1)c(Br)nn2C(c1ccccc1)(c1ccccc1)c1ccccc1.O[B]Oc1ccnc(F)c1. The number of aromatic nitrogens is 6. The molecule has 12 aromatic rings. The number of nitro benzene ring substituents is 2. The van der Waals surface area contributed by atoms with Crippen LogP contribution in [0.4, 0.5) is 20.2 Å². The van der Waals surface area contributed by atoms with Gasteiger partial charge in [0.15, 0.2) is 0 Å². The molecule has 4 aromatic heterocycles. The minimum atomic E-state index is -0.942. The molecule has 0 fully saturated rings. The van der Waals surface area contributed by atoms with Gasteiger partial charge in [-0.05, 0) is 73.6 Å². The van der Waals surface area contributed by atoms with Crippen LogP contribution in [0.5, 0.6) is 5.75 Å². The minimum absolute atomic E-state index is 0.0301. The van der Waals surface area contributed by atoms with E-state index in [0.29, 0.717) is 39.8 Å². The van der Waals surface area contributed by atoms with E-state index in [0.717, 1.165) is 45.0 Å². The van der Waals surface area contributed by atoms with Crippen molar-refractivity contribution in [2.75, 3.05) is 0 Å². The van der Waals surface area contributed by atoms with Crippen LogP contribution in [0.15, 0.2) is 260 Å². The normalized spacial score (nSPS) is 11.2. The van der Waals surface area contributed by atoms with Crippen molar-refractivity contribution in [3.63, 3.8) is 0 Å². The molecule has 0 unspecified atom stereocenters. The Kier molecular flexibility index (Phi) is 15.8. The van der Waals surface area contributed by atoms with E-state index in [1.54, 1.807) is 24.3 Å². The van der Waals surface area contributed by atoms with Gasteiger partial charge < -0.3 is 9.68 Å². The molecule has 4 heterocycles. The molecule has 0 aliphatic rings. The summed E-state index contributed by atoms with van der Waals surface area (Å²) >= 11 is 3.56. The van der Waals surface area contributed by atoms with Crippen LogP contribution in [0.3, 0.4) is 0 Å². The highest BCUT2D eigenvalue weighted by atomic mass is 79.9. The highest BCUT2D eigenvalue weighted by Gasteiger charge is 2.42. The van der Waals surface area contributed by atoms with Crippen molar-refractivity contribution < 1.29 is 28.3 Å². The number of nitrogens with zero attached hydrogens (tertiary/aromatic N) is 8. The van der Waals surface area contributed by atoms with E-state index in [4.69, 9.17) is 15.2 Å². The lowest BCUT2D eigenvalue weighted by molar-refractivity contribution is -0.384. The maximum absolute atomic E-state index is 14.2. The van der Waals surface area contributed by atoms with Crippen LogP contribution in [-0.2, 0) is 11.1 Å². The molecule has 80 heavy (non-hydrogen) atoms. The van der Waals surface area contributed by atoms with E-state index < -0.39 is 27.9 Å². The Balaban J connectivity index is 0.000000155. The number of non-ortho nitro benzene ring substituents is 2. The van der Waals surface area contributed by atoms with Crippen molar-refractivity contribution >= 4 is 56.8 Å². The summed E-state index contributed by atoms with van der Waals surface area (Å²) in [4.78, 5) is 29.2. The fraction of sp³-hybridized carbons (Fsp3) is 0.0323. The zero-order valence-electron chi connectivity index (χ0n) is 42.0. The summed E-state index contributed by atoms with van der Waals surface area (Å²) in [7, 11) is 0.481. The molecule has 0 spiro atoms. The van der Waals surface area contributed by atoms with Gasteiger partial charge in [-0.25, -0.2) is 19.3 Å². The van der Waals surface area contributed by atoms with Crippen LogP contribution in [0.25, 0.3) is 33.1 Å². The molecule has 8 aromatic carbocycles. The summed E-state index contributed by atoms with van der Waals surface area (Å²) in [6, 6.07) is 75.6. The quantitative estimate of drug-likeness (QED) is 0.0384. The summed E-state index contributed by atoms with van der Waals surface area (Å²) in [5.41, 5.74) is 6.55. The third-order valence-electron chi connectivity index (χ3n) is 13.4. The monoisotopic (exact) mass is 1120 g/mol. The molecule has 0 aliphatic carbocycles. The number of halogens is 3. The van der Waals surface area contributed by atoms with Gasteiger partial charge in [0.1, 0.15) is 27.1 Å². The highest BCUT2D eigenvalue weighted by molar-refractivity contribution is 9.10. The number of hydrogen-bond donors (Lipinski definition) is 1. The number of nitro groups is 2. The van der Waals surface area contributed by atoms with Crippen molar-refractivity contribution in [1.29, 1.82) is 0 Å². The molecule has 391 valence electrons. The van der Waals surface area contributed by atoms with Crippen molar-refractivity contribution in [2.24, 2.45) is 0 Å². The molecule has 0 amide bonds. The van der Waals surface area contributed by atoms with Gasteiger partial charge in [0.25, 0.3) is 11.4 Å². The highest BCUT2D eigenvalue weighted by Crippen LogP contribution is 2.46. The molecule has 18 heteroatoms. The molecule has 0 bridgehead atoms. The van der Waals surface area contributed by atoms with Gasteiger partial charge >= 0.3 is 7.69 Å². The Morgan fingerprint density at radius 2 is 0.838 bits per heavy atom. The average Bonchev–Trinajstić information content (AvgIpc) is 4.24. The van der Waals surface area contributed by atoms with Crippen molar-refractivity contribution in [1.82, 2.24) is 29.5 Å². The van der Waals surface area contributed by atoms with Gasteiger partial charge in [-0.1, -0.05) is 182 Å². The number of benzene rings is 8. The van der Waals surface area contributed by atoms with Crippen LogP contribution < -0.4 is 4.65 Å². The third kappa shape index (κ3) is 10.4. The molecule has 0 aliphatic heterocycles. The summed E-state index contributed by atoms with van der Waals surface area (Å²) in [6.45, 7) is 0. The Bertz CT molecular complexity index is 3900. The molecule has 14 nitrogen and oxygen atoms in total. The van der Waals surface area contributed by atoms with E-state index in [1.165, 1.54) is 42.7 Å². The molecule has 0 saturated carbocycles. The topological polar surface area (TPSA) is 177 Å². The first-order valence-corrected chi connectivity index (χ1v) is 25.5. The first-order valence-electron chi connectivity index (χ1n) is 24.7. The van der Waals surface area contributed by atoms with Gasteiger partial charge in [0, 0.05) is 65.1 Å². The maximum Gasteiger partial charge on any atom is 0.569 e. The molecule has 0 saturated heterocycles. The first-order chi connectivity index (χ1) is 39.0. The lowest BCUT2D eigenvalue weighted by Gasteiger charge is -2.37. The standard InChI is InChI=1S/C31H21FN4O2.C26H18BrN3O2.C5H4BFNO2/c32-29-20-22(18-19-33-29)30-27-21-26(36(37)38)16-17-28(27)35(34-30)31(23-10-4-1-5-11-23,24-12-6-2-7-13-24)25-14-8-3-9-15-25;27-25-23-18-22(30(31)32)16-17-24(23)29(28-25)26(19-10-4-1-5-11-19,20-12-6-2-7-13-20)21-14-8-3-9-15-21;7-5-3-4(10-6-9)1-2-8-5/h1-21H;1-18H;1-3,9H. The second-order valence-electron chi connectivity index (χ2n) is 17.9. The van der Waals surface area contributed by atoms with Crippen LogP contribution in [0.1, 0.15) is 33.4 Å². The fourth-order valence-electron chi connectivity index (χ4n) is 10.0. The predicted octanol–water partition coefficient (Wildman–Crippen LogP) is 13.7. The first kappa shape index (κ1) is 53.4. The number of rotatable bonds is 13. The number of pyridine rings is 2. The maximum atomic E-state index is 14.2. The summed E-state index contributed by atoms with van der Waals surface area (Å²) in [6.07, 6.45) is 2.61. The zero-order valence-corrected chi connectivity index (χ0v) is 43.6. The van der Waals surface area contributed by atoms with Crippen LogP contribution in [0.2, 0.25) is 0 Å². The Hall–Kier alpha value is -10.0. The molecule has 1 N–H and O–H groups in total. The molecular weight excluding hydrogens is 1080 g/mol. The summed E-state index contributed by atoms with van der Waals surface area (Å²) in [5.74, 6) is -1.08. The molecule has 0 atom stereocenters. The van der Waals surface area contributed by atoms with Crippen LogP contribution >= 0.6 is 15.9 Å². The van der Waals surface area contributed by atoms with Crippen LogP contribution in [0, 0.1) is 32.1 Å². The second kappa shape index (κ2) is 23.7. The van der Waals surface area contributed by atoms with E-state index in [1.807, 2.05) is 155 Å². The van der Waals surface area contributed by atoms with Gasteiger partial charge in [0.05, 0.1) is 20.9 Å². The Labute approximate surface area is 465 Å². The molecule has 1 radical (unpaired) electrons. The van der Waals surface area contributed by atoms with Gasteiger partial charge in [-0.2, -0.15) is 19.0 Å². The average molecular weight is 1120 g/mol. The Morgan fingerprint density at radius 3 is 1.21 bits per heavy atom. The van der Waals surface area contributed by atoms with Crippen molar-refractivity contribution in [3.05, 3.63) is 325 Å². The van der Waals surface area contributed by atoms with Gasteiger partial charge in [-0.3, -0.25) is 20.2 Å².